The van der Waals surface area contributed by atoms with Crippen molar-refractivity contribution >= 4 is 74.3 Å². The van der Waals surface area contributed by atoms with E-state index < -0.39 is 6.43 Å². The molecule has 1 N–H and O–H groups in total. The van der Waals surface area contributed by atoms with Crippen LogP contribution in [0.5, 0.6) is 0 Å². The molecule has 1 aromatic carbocycles. The number of benzene rings is 1. The van der Waals surface area contributed by atoms with Crippen molar-refractivity contribution in [3.05, 3.63) is 41.1 Å². The number of nitrogens with one attached hydrogen (secondary N) is 1. The molecule has 0 aliphatic heterocycles. The second-order valence-corrected chi connectivity index (χ2v) is 8.12. The summed E-state index contributed by atoms with van der Waals surface area (Å²) in [6, 6.07) is 5.80. The van der Waals surface area contributed by atoms with Gasteiger partial charge in [-0.25, -0.2) is 23.1 Å². The van der Waals surface area contributed by atoms with E-state index in [4.69, 9.17) is 11.6 Å². The average molecular weight is 517 g/mol. The lowest BCUT2D eigenvalue weighted by Gasteiger charge is -2.11. The van der Waals surface area contributed by atoms with Crippen LogP contribution in [0.2, 0.25) is 5.15 Å². The van der Waals surface area contributed by atoms with Crippen molar-refractivity contribution in [1.29, 1.82) is 0 Å². The van der Waals surface area contributed by atoms with Crippen LogP contribution in [0.25, 0.3) is 11.2 Å². The normalized spacial score (nSPS) is 12.0. The number of thioether (sulfide) groups is 1. The van der Waals surface area contributed by atoms with E-state index in [1.165, 1.54) is 34.3 Å². The van der Waals surface area contributed by atoms with Crippen LogP contribution in [-0.2, 0) is 0 Å². The van der Waals surface area contributed by atoms with Gasteiger partial charge in [0.1, 0.15) is 16.5 Å². The molecule has 3 aromatic rings. The summed E-state index contributed by atoms with van der Waals surface area (Å²) < 4.78 is 41.3. The molecule has 0 aliphatic rings. The van der Waals surface area contributed by atoms with Crippen molar-refractivity contribution in [2.75, 3.05) is 11.6 Å². The molecule has 1 unspecified atom stereocenters. The predicted molar refractivity (Wildman–Crippen MR) is 107 cm³/mol. The van der Waals surface area contributed by atoms with Crippen LogP contribution in [0.4, 0.5) is 24.5 Å². The number of alkyl halides is 2. The molecule has 11 heteroatoms. The minimum atomic E-state index is -2.73. The molecule has 0 spiro atoms. The molecule has 0 fully saturated rings. The smallest absolute Gasteiger partial charge is 0.295 e. The second-order valence-electron chi connectivity index (χ2n) is 4.82. The van der Waals surface area contributed by atoms with Crippen LogP contribution in [0, 0.1) is 5.82 Å². The van der Waals surface area contributed by atoms with Gasteiger partial charge in [-0.2, -0.15) is 0 Å². The average Bonchev–Trinajstić information content (AvgIpc) is 2.95. The van der Waals surface area contributed by atoms with Gasteiger partial charge in [-0.15, -0.1) is 11.8 Å². The van der Waals surface area contributed by atoms with Crippen LogP contribution in [0.15, 0.2) is 29.2 Å². The minimum absolute atomic E-state index is 0.00190. The fourth-order valence-corrected chi connectivity index (χ4v) is 4.93. The number of aromatic nitrogens is 3. The zero-order valence-electron chi connectivity index (χ0n) is 12.5. The summed E-state index contributed by atoms with van der Waals surface area (Å²) in [4.78, 5) is 8.85. The SMILES string of the molecule is CSc1cc(F)ccc1Nc1cc(Cl)nc2c1nc(C(F)F)n2PI. The number of imidazole rings is 1. The van der Waals surface area contributed by atoms with Gasteiger partial charge in [0.15, 0.2) is 11.5 Å². The van der Waals surface area contributed by atoms with Gasteiger partial charge in [0.2, 0.25) is 0 Å². The van der Waals surface area contributed by atoms with E-state index in [0.29, 0.717) is 21.8 Å². The van der Waals surface area contributed by atoms with Gasteiger partial charge in [0.05, 0.1) is 17.7 Å². The van der Waals surface area contributed by atoms with Crippen LogP contribution in [0.3, 0.4) is 0 Å². The predicted octanol–water partition coefficient (Wildman–Crippen LogP) is 6.42. The van der Waals surface area contributed by atoms with Crippen LogP contribution < -0.4 is 5.32 Å². The van der Waals surface area contributed by atoms with E-state index in [2.05, 4.69) is 15.3 Å². The fourth-order valence-electron chi connectivity index (χ4n) is 2.27. The van der Waals surface area contributed by atoms with Crippen LogP contribution >= 0.6 is 51.8 Å². The zero-order valence-corrected chi connectivity index (χ0v) is 17.3. The first kappa shape index (κ1) is 19.0. The molecule has 3 rings (SSSR count). The first-order valence-electron chi connectivity index (χ1n) is 6.79. The lowest BCUT2D eigenvalue weighted by molar-refractivity contribution is 0.140. The Hall–Kier alpha value is -0.770. The van der Waals surface area contributed by atoms with Gasteiger partial charge < -0.3 is 5.32 Å². The third-order valence-corrected chi connectivity index (χ3v) is 6.35. The Morgan fingerprint density at radius 2 is 2.04 bits per heavy atom. The number of hydrogen-bond donors (Lipinski definition) is 1. The van der Waals surface area contributed by atoms with Crippen molar-refractivity contribution in [1.82, 2.24) is 14.3 Å². The summed E-state index contributed by atoms with van der Waals surface area (Å²) >= 11 is 9.41. The number of anilines is 2. The number of nitrogens with zero attached hydrogens (tertiary/aromatic N) is 3. The van der Waals surface area contributed by atoms with Gasteiger partial charge in [0.25, 0.3) is 6.43 Å². The maximum atomic E-state index is 13.4. The largest absolute Gasteiger partial charge is 0.353 e. The van der Waals surface area contributed by atoms with Crippen molar-refractivity contribution in [2.24, 2.45) is 0 Å². The van der Waals surface area contributed by atoms with Crippen molar-refractivity contribution < 1.29 is 13.2 Å². The number of fused-ring (bicyclic) bond motifs is 1. The van der Waals surface area contributed by atoms with E-state index in [1.807, 2.05) is 28.3 Å². The third kappa shape index (κ3) is 3.84. The number of rotatable bonds is 5. The standard InChI is InChI=1S/C14H10ClF3IN4PS/c1-25-9-4-6(16)2-3-7(9)20-8-5-10(15)21-13-11(8)22-14(12(17)18)23(13)24-19/h2-5,12,24H,1H3,(H,20,21). The van der Waals surface area contributed by atoms with E-state index >= 15 is 0 Å². The van der Waals surface area contributed by atoms with E-state index in [-0.39, 0.29) is 28.8 Å². The summed E-state index contributed by atoms with van der Waals surface area (Å²) in [7, 11) is 0. The molecule has 0 saturated heterocycles. The summed E-state index contributed by atoms with van der Waals surface area (Å²) in [5, 5.41) is 3.26. The molecular weight excluding hydrogens is 507 g/mol. The monoisotopic (exact) mass is 516 g/mol. The topological polar surface area (TPSA) is 42.7 Å². The lowest BCUT2D eigenvalue weighted by atomic mass is 10.2. The van der Waals surface area contributed by atoms with Crippen molar-refractivity contribution in [3.8, 4) is 0 Å². The Bertz CT molecular complexity index is 940. The molecule has 0 bridgehead atoms. The molecule has 1 atom stereocenters. The lowest BCUT2D eigenvalue weighted by Crippen LogP contribution is -1.96. The van der Waals surface area contributed by atoms with Gasteiger partial charge in [-0.05, 0) is 46.5 Å². The molecular formula is C14H10ClF3IN4PS. The molecule has 0 amide bonds. The highest BCUT2D eigenvalue weighted by molar-refractivity contribution is 14.2. The molecule has 0 aliphatic carbocycles. The maximum Gasteiger partial charge on any atom is 0.295 e. The van der Waals surface area contributed by atoms with Gasteiger partial charge >= 0.3 is 0 Å². The Kier molecular flexibility index (Phi) is 5.97. The highest BCUT2D eigenvalue weighted by Gasteiger charge is 2.22. The highest BCUT2D eigenvalue weighted by Crippen LogP contribution is 2.39. The summed E-state index contributed by atoms with van der Waals surface area (Å²) in [5.41, 5.74) is 1.64. The molecule has 2 heterocycles. The number of hydrogen-bond acceptors (Lipinski definition) is 4. The molecule has 4 nitrogen and oxygen atoms in total. The second kappa shape index (κ2) is 7.85. The van der Waals surface area contributed by atoms with Crippen molar-refractivity contribution in [2.45, 2.75) is 11.3 Å². The first-order chi connectivity index (χ1) is 11.9. The Balaban J connectivity index is 2.16. The Labute approximate surface area is 165 Å². The van der Waals surface area contributed by atoms with Crippen LogP contribution in [-0.4, -0.2) is 20.6 Å². The Morgan fingerprint density at radius 1 is 1.28 bits per heavy atom. The molecule has 0 saturated carbocycles. The van der Waals surface area contributed by atoms with Crippen LogP contribution in [0.1, 0.15) is 12.2 Å². The fraction of sp³-hybridized carbons (Fsp3) is 0.143. The quantitative estimate of drug-likeness (QED) is 0.184. The van der Waals surface area contributed by atoms with Gasteiger partial charge in [-0.3, -0.25) is 4.34 Å². The molecule has 132 valence electrons. The molecule has 2 aromatic heterocycles. The van der Waals surface area contributed by atoms with E-state index in [0.717, 1.165) is 0 Å². The summed E-state index contributed by atoms with van der Waals surface area (Å²) in [5.74, 6) is -0.715. The minimum Gasteiger partial charge on any atom is -0.353 e. The molecule has 25 heavy (non-hydrogen) atoms. The first-order valence-corrected chi connectivity index (χ1v) is 12.4. The van der Waals surface area contributed by atoms with Crippen molar-refractivity contribution in [3.63, 3.8) is 0 Å². The zero-order chi connectivity index (χ0) is 18.1. The third-order valence-electron chi connectivity index (χ3n) is 3.32. The number of halogens is 5. The van der Waals surface area contributed by atoms with Gasteiger partial charge in [0, 0.05) is 11.0 Å². The maximum absolute atomic E-state index is 13.4. The summed E-state index contributed by atoms with van der Waals surface area (Å²) in [6.07, 6.45) is -0.913. The van der Waals surface area contributed by atoms with Gasteiger partial charge in [-0.1, -0.05) is 11.6 Å². The highest BCUT2D eigenvalue weighted by atomic mass is 127. The summed E-state index contributed by atoms with van der Waals surface area (Å²) in [6.45, 7) is 0. The number of pyridine rings is 1. The Morgan fingerprint density at radius 3 is 2.68 bits per heavy atom. The molecule has 0 radical (unpaired) electrons. The van der Waals surface area contributed by atoms with E-state index in [1.54, 1.807) is 6.07 Å². The van der Waals surface area contributed by atoms with E-state index in [9.17, 15) is 13.2 Å².